The Morgan fingerprint density at radius 3 is 2.65 bits per heavy atom. The molecule has 2 amide bonds. The molecule has 0 unspecified atom stereocenters. The molecule has 23 heavy (non-hydrogen) atoms. The van der Waals surface area contributed by atoms with Gasteiger partial charge in [0.2, 0.25) is 11.8 Å². The smallest absolute Gasteiger partial charge is 0.231 e. The van der Waals surface area contributed by atoms with Gasteiger partial charge in [0, 0.05) is 17.9 Å². The Hall–Kier alpha value is -2.14. The molecule has 0 saturated carbocycles. The second kappa shape index (κ2) is 6.54. The van der Waals surface area contributed by atoms with Crippen LogP contribution in [0.4, 0.5) is 11.4 Å². The highest BCUT2D eigenvalue weighted by Gasteiger charge is 2.28. The number of halogens is 1. The molecule has 1 aliphatic heterocycles. The van der Waals surface area contributed by atoms with Crippen molar-refractivity contribution >= 4 is 39.1 Å². The summed E-state index contributed by atoms with van der Waals surface area (Å²) in [6, 6.07) is 13.5. The number of hydrogen-bond donors (Lipinski definition) is 1. The minimum atomic E-state index is -0.146. The lowest BCUT2D eigenvalue weighted by Crippen LogP contribution is -2.31. The van der Waals surface area contributed by atoms with E-state index in [9.17, 15) is 9.59 Å². The quantitative estimate of drug-likeness (QED) is 0.895. The maximum absolute atomic E-state index is 12.7. The fourth-order valence-electron chi connectivity index (χ4n) is 2.91. The molecule has 0 saturated heterocycles. The second-order valence-corrected chi connectivity index (χ2v) is 6.52. The summed E-state index contributed by atoms with van der Waals surface area (Å²) in [6.45, 7) is 2.11. The molecule has 1 N–H and O–H groups in total. The third-order valence-corrected chi connectivity index (χ3v) is 4.30. The maximum Gasteiger partial charge on any atom is 0.231 e. The highest BCUT2D eigenvalue weighted by Crippen LogP contribution is 2.38. The first-order valence-electron chi connectivity index (χ1n) is 7.49. The molecule has 3 rings (SSSR count). The zero-order chi connectivity index (χ0) is 16.4. The Balaban J connectivity index is 1.91. The highest BCUT2D eigenvalue weighted by atomic mass is 79.9. The van der Waals surface area contributed by atoms with Crippen molar-refractivity contribution in [3.63, 3.8) is 0 Å². The SMILES string of the molecule is CC(=O)Nc1cc(Br)cc2c1N(C(=O)Cc1ccccc1)CC2. The number of nitrogens with zero attached hydrogens (tertiary/aromatic N) is 1. The average molecular weight is 373 g/mol. The van der Waals surface area contributed by atoms with Crippen LogP contribution in [0.5, 0.6) is 0 Å². The van der Waals surface area contributed by atoms with Gasteiger partial charge in [0.25, 0.3) is 0 Å². The zero-order valence-electron chi connectivity index (χ0n) is 12.8. The Bertz CT molecular complexity index is 759. The normalized spacial score (nSPS) is 12.9. The van der Waals surface area contributed by atoms with E-state index in [0.717, 1.165) is 27.7 Å². The van der Waals surface area contributed by atoms with Crippen LogP contribution in [0.25, 0.3) is 0 Å². The molecular formula is C18H17BrN2O2. The Morgan fingerprint density at radius 2 is 1.96 bits per heavy atom. The van der Waals surface area contributed by atoms with Crippen LogP contribution < -0.4 is 10.2 Å². The van der Waals surface area contributed by atoms with Gasteiger partial charge in [-0.25, -0.2) is 0 Å². The van der Waals surface area contributed by atoms with Crippen molar-refractivity contribution in [1.82, 2.24) is 0 Å². The van der Waals surface area contributed by atoms with Crippen molar-refractivity contribution in [2.45, 2.75) is 19.8 Å². The summed E-state index contributed by atoms with van der Waals surface area (Å²) in [5.41, 5.74) is 3.57. The molecule has 0 aliphatic carbocycles. The van der Waals surface area contributed by atoms with Gasteiger partial charge in [-0.05, 0) is 29.7 Å². The third-order valence-electron chi connectivity index (χ3n) is 3.84. The third kappa shape index (κ3) is 3.45. The average Bonchev–Trinajstić information content (AvgIpc) is 2.91. The van der Waals surface area contributed by atoms with E-state index in [0.29, 0.717) is 18.7 Å². The van der Waals surface area contributed by atoms with Crippen LogP contribution in [0, 0.1) is 0 Å². The van der Waals surface area contributed by atoms with Crippen molar-refractivity contribution in [2.24, 2.45) is 0 Å². The number of benzene rings is 2. The lowest BCUT2D eigenvalue weighted by molar-refractivity contribution is -0.118. The predicted molar refractivity (Wildman–Crippen MR) is 94.6 cm³/mol. The van der Waals surface area contributed by atoms with Crippen LogP contribution in [-0.2, 0) is 22.4 Å². The van der Waals surface area contributed by atoms with E-state index in [4.69, 9.17) is 0 Å². The second-order valence-electron chi connectivity index (χ2n) is 5.60. The maximum atomic E-state index is 12.7. The zero-order valence-corrected chi connectivity index (χ0v) is 14.4. The summed E-state index contributed by atoms with van der Waals surface area (Å²) in [5, 5.41) is 2.83. The van der Waals surface area contributed by atoms with Crippen LogP contribution in [0.3, 0.4) is 0 Å². The molecule has 0 radical (unpaired) electrons. The van der Waals surface area contributed by atoms with Crippen LogP contribution in [0.1, 0.15) is 18.1 Å². The van der Waals surface area contributed by atoms with Crippen LogP contribution in [-0.4, -0.2) is 18.4 Å². The molecule has 0 spiro atoms. The molecule has 0 aromatic heterocycles. The van der Waals surface area contributed by atoms with E-state index >= 15 is 0 Å². The molecule has 5 heteroatoms. The monoisotopic (exact) mass is 372 g/mol. The van der Waals surface area contributed by atoms with Gasteiger partial charge >= 0.3 is 0 Å². The van der Waals surface area contributed by atoms with Gasteiger partial charge < -0.3 is 10.2 Å². The fourth-order valence-corrected chi connectivity index (χ4v) is 3.41. The highest BCUT2D eigenvalue weighted by molar-refractivity contribution is 9.10. The van der Waals surface area contributed by atoms with Crippen molar-refractivity contribution in [1.29, 1.82) is 0 Å². The molecule has 4 nitrogen and oxygen atoms in total. The largest absolute Gasteiger partial charge is 0.324 e. The van der Waals surface area contributed by atoms with E-state index in [2.05, 4.69) is 21.2 Å². The number of nitrogens with one attached hydrogen (secondary N) is 1. The van der Waals surface area contributed by atoms with Gasteiger partial charge in [-0.3, -0.25) is 9.59 Å². The number of hydrogen-bond acceptors (Lipinski definition) is 2. The molecule has 2 aromatic carbocycles. The minimum absolute atomic E-state index is 0.0453. The first kappa shape index (κ1) is 15.7. The summed E-state index contributed by atoms with van der Waals surface area (Å²) in [7, 11) is 0. The van der Waals surface area contributed by atoms with Gasteiger partial charge in [0.05, 0.1) is 17.8 Å². The first-order chi connectivity index (χ1) is 11.0. The lowest BCUT2D eigenvalue weighted by Gasteiger charge is -2.21. The summed E-state index contributed by atoms with van der Waals surface area (Å²) in [5.74, 6) is -0.100. The number of rotatable bonds is 3. The number of anilines is 2. The summed E-state index contributed by atoms with van der Waals surface area (Å²) < 4.78 is 0.900. The first-order valence-corrected chi connectivity index (χ1v) is 8.28. The minimum Gasteiger partial charge on any atom is -0.324 e. The molecule has 118 valence electrons. The molecule has 0 bridgehead atoms. The standard InChI is InChI=1S/C18H17BrN2O2/c1-12(22)20-16-11-15(19)10-14-7-8-21(18(14)16)17(23)9-13-5-3-2-4-6-13/h2-6,10-11H,7-9H2,1H3,(H,20,22). The van der Waals surface area contributed by atoms with Gasteiger partial charge in [0.1, 0.15) is 0 Å². The Morgan fingerprint density at radius 1 is 1.22 bits per heavy atom. The summed E-state index contributed by atoms with van der Waals surface area (Å²) in [6.07, 6.45) is 1.15. The van der Waals surface area contributed by atoms with E-state index in [1.54, 1.807) is 4.90 Å². The molecule has 1 heterocycles. The van der Waals surface area contributed by atoms with Gasteiger partial charge in [-0.2, -0.15) is 0 Å². The van der Waals surface area contributed by atoms with Crippen molar-refractivity contribution in [3.8, 4) is 0 Å². The molecule has 2 aromatic rings. The molecule has 1 aliphatic rings. The summed E-state index contributed by atoms with van der Waals surface area (Å²) >= 11 is 3.46. The van der Waals surface area contributed by atoms with E-state index in [-0.39, 0.29) is 11.8 Å². The van der Waals surface area contributed by atoms with Gasteiger partial charge in [-0.15, -0.1) is 0 Å². The van der Waals surface area contributed by atoms with E-state index in [1.165, 1.54) is 6.92 Å². The fraction of sp³-hybridized carbons (Fsp3) is 0.222. The summed E-state index contributed by atoms with van der Waals surface area (Å²) in [4.78, 5) is 25.9. The Labute approximate surface area is 143 Å². The van der Waals surface area contributed by atoms with Crippen LogP contribution in [0.15, 0.2) is 46.9 Å². The lowest BCUT2D eigenvalue weighted by atomic mass is 10.1. The van der Waals surface area contributed by atoms with Crippen molar-refractivity contribution < 1.29 is 9.59 Å². The van der Waals surface area contributed by atoms with Crippen molar-refractivity contribution in [2.75, 3.05) is 16.8 Å². The molecular weight excluding hydrogens is 356 g/mol. The number of fused-ring (bicyclic) bond motifs is 1. The number of amides is 2. The number of carbonyl (C=O) groups excluding carboxylic acids is 2. The predicted octanol–water partition coefficient (Wildman–Crippen LogP) is 3.54. The number of carbonyl (C=O) groups is 2. The molecule has 0 atom stereocenters. The van der Waals surface area contributed by atoms with Crippen LogP contribution in [0.2, 0.25) is 0 Å². The van der Waals surface area contributed by atoms with E-state index in [1.807, 2.05) is 42.5 Å². The Kier molecular flexibility index (Phi) is 4.48. The van der Waals surface area contributed by atoms with Crippen LogP contribution >= 0.6 is 15.9 Å². The van der Waals surface area contributed by atoms with E-state index < -0.39 is 0 Å². The molecule has 0 fully saturated rings. The van der Waals surface area contributed by atoms with Gasteiger partial charge in [0.15, 0.2) is 0 Å². The van der Waals surface area contributed by atoms with Crippen molar-refractivity contribution in [3.05, 3.63) is 58.1 Å². The topological polar surface area (TPSA) is 49.4 Å². The van der Waals surface area contributed by atoms with Gasteiger partial charge in [-0.1, -0.05) is 46.3 Å².